The summed E-state index contributed by atoms with van der Waals surface area (Å²) < 4.78 is 40.5. The molecule has 1 aliphatic rings. The molecule has 1 amide bonds. The summed E-state index contributed by atoms with van der Waals surface area (Å²) in [4.78, 5) is 13.4. The van der Waals surface area contributed by atoms with Gasteiger partial charge in [0.15, 0.2) is 0 Å². The number of anilines is 1. The number of halogens is 2. The van der Waals surface area contributed by atoms with E-state index in [-0.39, 0.29) is 24.8 Å². The van der Waals surface area contributed by atoms with Crippen molar-refractivity contribution in [3.63, 3.8) is 0 Å². The summed E-state index contributed by atoms with van der Waals surface area (Å²) in [5.74, 6) is -1.08. The zero-order valence-electron chi connectivity index (χ0n) is 13.2. The van der Waals surface area contributed by atoms with Crippen LogP contribution in [0.4, 0.5) is 10.1 Å². The van der Waals surface area contributed by atoms with Crippen LogP contribution in [-0.2, 0) is 14.8 Å². The fourth-order valence-corrected chi connectivity index (χ4v) is 4.08. The van der Waals surface area contributed by atoms with Crippen LogP contribution in [0.1, 0.15) is 6.42 Å². The smallest absolute Gasteiger partial charge is 0.243 e. The molecule has 1 heterocycles. The van der Waals surface area contributed by atoms with Crippen molar-refractivity contribution < 1.29 is 17.6 Å². The lowest BCUT2D eigenvalue weighted by Gasteiger charge is -2.17. The largest absolute Gasteiger partial charge is 0.312 e. The monoisotopic (exact) mass is 382 g/mol. The van der Waals surface area contributed by atoms with Crippen LogP contribution in [0.3, 0.4) is 0 Å². The van der Waals surface area contributed by atoms with Gasteiger partial charge in [-0.15, -0.1) is 0 Å². The fourth-order valence-electron chi connectivity index (χ4n) is 2.76. The van der Waals surface area contributed by atoms with Crippen molar-refractivity contribution in [1.82, 2.24) is 4.72 Å². The number of carbonyl (C=O) groups is 1. The average Bonchev–Trinajstić information content (AvgIpc) is 2.95. The molecule has 0 aliphatic carbocycles. The van der Waals surface area contributed by atoms with Crippen molar-refractivity contribution in [3.05, 3.63) is 59.4 Å². The molecule has 0 unspecified atom stereocenters. The third-order valence-corrected chi connectivity index (χ3v) is 5.74. The first-order valence-electron chi connectivity index (χ1n) is 7.67. The van der Waals surface area contributed by atoms with Crippen molar-refractivity contribution >= 4 is 33.2 Å². The molecule has 1 saturated heterocycles. The standard InChI is InChI=1S/C17H16ClFN2O3S/c18-13-5-7-14(8-6-13)21-11-12(9-17(21)22)10-20-25(23,24)16-4-2-1-3-15(16)19/h1-8,12,20H,9-11H2/t12-/m0/s1. The second kappa shape index (κ2) is 7.11. The van der Waals surface area contributed by atoms with Gasteiger partial charge in [-0.1, -0.05) is 23.7 Å². The van der Waals surface area contributed by atoms with Crippen LogP contribution in [0.25, 0.3) is 0 Å². The fraction of sp³-hybridized carbons (Fsp3) is 0.235. The van der Waals surface area contributed by atoms with Gasteiger partial charge in [0.05, 0.1) is 0 Å². The molecule has 132 valence electrons. The van der Waals surface area contributed by atoms with Gasteiger partial charge in [-0.25, -0.2) is 17.5 Å². The van der Waals surface area contributed by atoms with Crippen LogP contribution in [0.15, 0.2) is 53.4 Å². The van der Waals surface area contributed by atoms with E-state index in [0.717, 1.165) is 6.07 Å². The van der Waals surface area contributed by atoms with Crippen molar-refractivity contribution in [2.45, 2.75) is 11.3 Å². The number of benzene rings is 2. The molecular formula is C17H16ClFN2O3S. The Morgan fingerprint density at radius 1 is 1.16 bits per heavy atom. The molecule has 5 nitrogen and oxygen atoms in total. The summed E-state index contributed by atoms with van der Waals surface area (Å²) in [7, 11) is -3.96. The Kier molecular flexibility index (Phi) is 5.08. The van der Waals surface area contributed by atoms with Gasteiger partial charge >= 0.3 is 0 Å². The second-order valence-corrected chi connectivity index (χ2v) is 8.01. The SMILES string of the molecule is O=C1C[C@@H](CNS(=O)(=O)c2ccccc2F)CN1c1ccc(Cl)cc1. The first-order chi connectivity index (χ1) is 11.9. The lowest BCUT2D eigenvalue weighted by atomic mass is 10.1. The first kappa shape index (κ1) is 17.8. The Hall–Kier alpha value is -1.96. The highest BCUT2D eigenvalue weighted by Crippen LogP contribution is 2.26. The van der Waals surface area contributed by atoms with Gasteiger partial charge in [-0.05, 0) is 42.3 Å². The lowest BCUT2D eigenvalue weighted by molar-refractivity contribution is -0.117. The van der Waals surface area contributed by atoms with E-state index < -0.39 is 20.7 Å². The Labute approximate surface area is 150 Å². The number of carbonyl (C=O) groups excluding carboxylic acids is 1. The Bertz CT molecular complexity index is 887. The Morgan fingerprint density at radius 3 is 2.52 bits per heavy atom. The van der Waals surface area contributed by atoms with E-state index in [1.807, 2.05) is 0 Å². The van der Waals surface area contributed by atoms with Gasteiger partial charge in [0.1, 0.15) is 10.7 Å². The average molecular weight is 383 g/mol. The van der Waals surface area contributed by atoms with Crippen molar-refractivity contribution in [3.8, 4) is 0 Å². The van der Waals surface area contributed by atoms with Crippen LogP contribution < -0.4 is 9.62 Å². The molecule has 0 aromatic heterocycles. The summed E-state index contributed by atoms with van der Waals surface area (Å²) in [6, 6.07) is 12.1. The Morgan fingerprint density at radius 2 is 1.84 bits per heavy atom. The molecule has 1 aliphatic heterocycles. The molecule has 3 rings (SSSR count). The number of nitrogens with one attached hydrogen (secondary N) is 1. The minimum atomic E-state index is -3.96. The van der Waals surface area contributed by atoms with Crippen LogP contribution >= 0.6 is 11.6 Å². The molecule has 0 radical (unpaired) electrons. The zero-order valence-corrected chi connectivity index (χ0v) is 14.7. The van der Waals surface area contributed by atoms with Crippen LogP contribution in [-0.4, -0.2) is 27.4 Å². The quantitative estimate of drug-likeness (QED) is 0.864. The topological polar surface area (TPSA) is 66.5 Å². The van der Waals surface area contributed by atoms with Gasteiger partial charge in [-0.3, -0.25) is 4.79 Å². The van der Waals surface area contributed by atoms with E-state index in [4.69, 9.17) is 11.6 Å². The van der Waals surface area contributed by atoms with E-state index >= 15 is 0 Å². The maximum Gasteiger partial charge on any atom is 0.243 e. The molecular weight excluding hydrogens is 367 g/mol. The van der Waals surface area contributed by atoms with Crippen LogP contribution in [0.5, 0.6) is 0 Å². The summed E-state index contributed by atoms with van der Waals surface area (Å²) in [6.45, 7) is 0.451. The number of sulfonamides is 1. The summed E-state index contributed by atoms with van der Waals surface area (Å²) >= 11 is 5.84. The van der Waals surface area contributed by atoms with E-state index in [0.29, 0.717) is 17.3 Å². The van der Waals surface area contributed by atoms with Crippen molar-refractivity contribution in [2.75, 3.05) is 18.0 Å². The van der Waals surface area contributed by atoms with Gasteiger partial charge in [0, 0.05) is 30.2 Å². The second-order valence-electron chi connectivity index (χ2n) is 5.83. The predicted molar refractivity (Wildman–Crippen MR) is 93.5 cm³/mol. The molecule has 0 spiro atoms. The highest BCUT2D eigenvalue weighted by molar-refractivity contribution is 7.89. The number of hydrogen-bond donors (Lipinski definition) is 1. The first-order valence-corrected chi connectivity index (χ1v) is 9.53. The molecule has 1 fully saturated rings. The number of amides is 1. The van der Waals surface area contributed by atoms with Crippen molar-refractivity contribution in [1.29, 1.82) is 0 Å². The highest BCUT2D eigenvalue weighted by atomic mass is 35.5. The van der Waals surface area contributed by atoms with Crippen LogP contribution in [0.2, 0.25) is 5.02 Å². The van der Waals surface area contributed by atoms with E-state index in [9.17, 15) is 17.6 Å². The summed E-state index contributed by atoms with van der Waals surface area (Å²) in [5.41, 5.74) is 0.717. The van der Waals surface area contributed by atoms with Gasteiger partial charge in [-0.2, -0.15) is 0 Å². The third-order valence-electron chi connectivity index (χ3n) is 4.03. The molecule has 1 N–H and O–H groups in total. The molecule has 0 saturated carbocycles. The maximum absolute atomic E-state index is 13.7. The maximum atomic E-state index is 13.7. The predicted octanol–water partition coefficient (Wildman–Crippen LogP) is 2.81. The highest BCUT2D eigenvalue weighted by Gasteiger charge is 2.31. The lowest BCUT2D eigenvalue weighted by Crippen LogP contribution is -2.31. The minimum Gasteiger partial charge on any atom is -0.312 e. The van der Waals surface area contributed by atoms with Gasteiger partial charge in [0.25, 0.3) is 0 Å². The molecule has 0 bridgehead atoms. The number of hydrogen-bond acceptors (Lipinski definition) is 3. The van der Waals surface area contributed by atoms with E-state index in [1.54, 1.807) is 29.2 Å². The number of nitrogens with zero attached hydrogens (tertiary/aromatic N) is 1. The van der Waals surface area contributed by atoms with Gasteiger partial charge < -0.3 is 4.90 Å². The zero-order chi connectivity index (χ0) is 18.0. The minimum absolute atomic E-state index is 0.0620. The summed E-state index contributed by atoms with van der Waals surface area (Å²) in [5, 5.41) is 0.574. The third kappa shape index (κ3) is 4.00. The van der Waals surface area contributed by atoms with Crippen molar-refractivity contribution in [2.24, 2.45) is 5.92 Å². The normalized spacial score (nSPS) is 17.9. The molecule has 1 atom stereocenters. The molecule has 2 aromatic rings. The molecule has 2 aromatic carbocycles. The number of rotatable bonds is 5. The molecule has 25 heavy (non-hydrogen) atoms. The summed E-state index contributed by atoms with van der Waals surface area (Å²) in [6.07, 6.45) is 0.225. The molecule has 8 heteroatoms. The van der Waals surface area contributed by atoms with E-state index in [1.165, 1.54) is 18.2 Å². The van der Waals surface area contributed by atoms with Crippen LogP contribution in [0, 0.1) is 11.7 Å². The van der Waals surface area contributed by atoms with Gasteiger partial charge in [0.2, 0.25) is 15.9 Å². The Balaban J connectivity index is 1.66. The van der Waals surface area contributed by atoms with E-state index in [2.05, 4.69) is 4.72 Å².